The van der Waals surface area contributed by atoms with Crippen molar-refractivity contribution in [3.63, 3.8) is 0 Å². The summed E-state index contributed by atoms with van der Waals surface area (Å²) in [6.45, 7) is 1.12. The highest BCUT2D eigenvalue weighted by atomic mass is 15.2. The predicted molar refractivity (Wildman–Crippen MR) is 55.8 cm³/mol. The fourth-order valence-electron chi connectivity index (χ4n) is 2.25. The van der Waals surface area contributed by atoms with E-state index in [1.807, 2.05) is 19.4 Å². The molecule has 1 aromatic rings. The number of rotatable bonds is 1. The Kier molecular flexibility index (Phi) is 2.56. The van der Waals surface area contributed by atoms with Gasteiger partial charge in [0, 0.05) is 25.5 Å². The Morgan fingerprint density at radius 1 is 1.50 bits per heavy atom. The van der Waals surface area contributed by atoms with Crippen LogP contribution in [0.15, 0.2) is 12.4 Å². The van der Waals surface area contributed by atoms with Gasteiger partial charge in [-0.05, 0) is 26.4 Å². The molecule has 1 saturated heterocycles. The lowest BCUT2D eigenvalue weighted by Gasteiger charge is -2.36. The average Bonchev–Trinajstić information content (AvgIpc) is 2.52. The van der Waals surface area contributed by atoms with Crippen LogP contribution in [-0.2, 0) is 7.05 Å². The third-order valence-corrected chi connectivity index (χ3v) is 3.05. The van der Waals surface area contributed by atoms with Crippen molar-refractivity contribution in [3.05, 3.63) is 18.2 Å². The number of aromatic nitrogens is 2. The summed E-state index contributed by atoms with van der Waals surface area (Å²) >= 11 is 0. The van der Waals surface area contributed by atoms with Crippen molar-refractivity contribution in [2.75, 3.05) is 13.6 Å². The van der Waals surface area contributed by atoms with Gasteiger partial charge >= 0.3 is 0 Å². The largest absolute Gasteiger partial charge is 0.337 e. The molecule has 4 heteroatoms. The second-order valence-corrected chi connectivity index (χ2v) is 4.13. The first-order valence-corrected chi connectivity index (χ1v) is 5.13. The quantitative estimate of drug-likeness (QED) is 0.708. The van der Waals surface area contributed by atoms with E-state index >= 15 is 0 Å². The lowest BCUT2D eigenvalue weighted by molar-refractivity contribution is 0.153. The lowest BCUT2D eigenvalue weighted by Crippen LogP contribution is -2.44. The minimum absolute atomic E-state index is 0.217. The molecule has 2 N–H and O–H groups in total. The van der Waals surface area contributed by atoms with Gasteiger partial charge in [0.2, 0.25) is 0 Å². The molecule has 0 amide bonds. The van der Waals surface area contributed by atoms with Crippen LogP contribution in [0.3, 0.4) is 0 Å². The standard InChI is InChI=1S/C10H18N4/c1-13-6-3-4-8(11)9(13)10-12-5-7-14(10)2/h5,7-9H,3-4,6,11H2,1-2H3. The van der Waals surface area contributed by atoms with Gasteiger partial charge in [-0.15, -0.1) is 0 Å². The van der Waals surface area contributed by atoms with Crippen LogP contribution in [0, 0.1) is 0 Å². The van der Waals surface area contributed by atoms with Crippen LogP contribution in [0.25, 0.3) is 0 Å². The monoisotopic (exact) mass is 194 g/mol. The highest BCUT2D eigenvalue weighted by Crippen LogP contribution is 2.26. The van der Waals surface area contributed by atoms with Gasteiger partial charge in [-0.3, -0.25) is 4.90 Å². The molecule has 2 rings (SSSR count). The molecule has 4 nitrogen and oxygen atoms in total. The van der Waals surface area contributed by atoms with Gasteiger partial charge in [0.25, 0.3) is 0 Å². The fraction of sp³-hybridized carbons (Fsp3) is 0.700. The highest BCUT2D eigenvalue weighted by molar-refractivity contribution is 5.04. The van der Waals surface area contributed by atoms with Gasteiger partial charge < -0.3 is 10.3 Å². The molecule has 1 fully saturated rings. The van der Waals surface area contributed by atoms with Crippen LogP contribution in [0.2, 0.25) is 0 Å². The third kappa shape index (κ3) is 1.55. The molecule has 0 saturated carbocycles. The molecule has 1 aromatic heterocycles. The van der Waals surface area contributed by atoms with E-state index in [1.165, 1.54) is 6.42 Å². The molecule has 0 spiro atoms. The molecule has 0 radical (unpaired) electrons. The smallest absolute Gasteiger partial charge is 0.127 e. The summed E-state index contributed by atoms with van der Waals surface area (Å²) in [4.78, 5) is 6.68. The van der Waals surface area contributed by atoms with Gasteiger partial charge in [-0.1, -0.05) is 0 Å². The summed E-state index contributed by atoms with van der Waals surface area (Å²) in [6, 6.07) is 0.499. The zero-order valence-electron chi connectivity index (χ0n) is 8.85. The van der Waals surface area contributed by atoms with Gasteiger partial charge in [-0.2, -0.15) is 0 Å². The van der Waals surface area contributed by atoms with Crippen molar-refractivity contribution in [1.82, 2.24) is 14.5 Å². The molecular weight excluding hydrogens is 176 g/mol. The molecular formula is C10H18N4. The molecule has 2 atom stereocenters. The zero-order valence-corrected chi connectivity index (χ0v) is 8.85. The van der Waals surface area contributed by atoms with Crippen molar-refractivity contribution < 1.29 is 0 Å². The maximum atomic E-state index is 6.13. The van der Waals surface area contributed by atoms with Crippen LogP contribution in [0.1, 0.15) is 24.7 Å². The number of hydrogen-bond acceptors (Lipinski definition) is 3. The third-order valence-electron chi connectivity index (χ3n) is 3.05. The molecule has 0 aliphatic carbocycles. The lowest BCUT2D eigenvalue weighted by atomic mass is 9.97. The SMILES string of the molecule is CN1CCCC(N)C1c1nccn1C. The van der Waals surface area contributed by atoms with E-state index in [1.54, 1.807) is 0 Å². The molecule has 2 unspecified atom stereocenters. The molecule has 1 aliphatic heterocycles. The van der Waals surface area contributed by atoms with Crippen molar-refractivity contribution >= 4 is 0 Å². The summed E-state index contributed by atoms with van der Waals surface area (Å²) in [6.07, 6.45) is 6.11. The Hall–Kier alpha value is -0.870. The molecule has 0 bridgehead atoms. The minimum Gasteiger partial charge on any atom is -0.337 e. The Bertz CT molecular complexity index is 297. The highest BCUT2D eigenvalue weighted by Gasteiger charge is 2.30. The van der Waals surface area contributed by atoms with Crippen molar-refractivity contribution in [2.45, 2.75) is 24.9 Å². The van der Waals surface area contributed by atoms with E-state index in [4.69, 9.17) is 5.73 Å². The van der Waals surface area contributed by atoms with E-state index in [0.717, 1.165) is 18.8 Å². The summed E-state index contributed by atoms with van der Waals surface area (Å²) in [5, 5.41) is 0. The van der Waals surface area contributed by atoms with E-state index in [0.29, 0.717) is 0 Å². The second-order valence-electron chi connectivity index (χ2n) is 4.13. The van der Waals surface area contributed by atoms with Crippen molar-refractivity contribution in [1.29, 1.82) is 0 Å². The van der Waals surface area contributed by atoms with Crippen LogP contribution in [-0.4, -0.2) is 34.1 Å². The van der Waals surface area contributed by atoms with E-state index in [9.17, 15) is 0 Å². The first-order valence-electron chi connectivity index (χ1n) is 5.13. The first-order chi connectivity index (χ1) is 6.70. The predicted octanol–water partition coefficient (Wildman–Crippen LogP) is 0.514. The fourth-order valence-corrected chi connectivity index (χ4v) is 2.25. The second kappa shape index (κ2) is 3.71. The van der Waals surface area contributed by atoms with Gasteiger partial charge in [0.05, 0.1) is 6.04 Å². The average molecular weight is 194 g/mol. The maximum Gasteiger partial charge on any atom is 0.127 e. The van der Waals surface area contributed by atoms with Crippen LogP contribution in [0.5, 0.6) is 0 Å². The Morgan fingerprint density at radius 3 is 2.86 bits per heavy atom. The van der Waals surface area contributed by atoms with Crippen LogP contribution >= 0.6 is 0 Å². The number of imidazole rings is 1. The van der Waals surface area contributed by atoms with Crippen molar-refractivity contribution in [2.24, 2.45) is 12.8 Å². The zero-order chi connectivity index (χ0) is 10.1. The van der Waals surface area contributed by atoms with Gasteiger partial charge in [0.15, 0.2) is 0 Å². The van der Waals surface area contributed by atoms with Crippen LogP contribution < -0.4 is 5.73 Å². The van der Waals surface area contributed by atoms with Gasteiger partial charge in [-0.25, -0.2) is 4.98 Å². The van der Waals surface area contributed by atoms with E-state index in [2.05, 4.69) is 21.5 Å². The first kappa shape index (κ1) is 9.68. The molecule has 78 valence electrons. The molecule has 14 heavy (non-hydrogen) atoms. The van der Waals surface area contributed by atoms with Crippen molar-refractivity contribution in [3.8, 4) is 0 Å². The summed E-state index contributed by atoms with van der Waals surface area (Å²) in [5.74, 6) is 1.08. The van der Waals surface area contributed by atoms with Gasteiger partial charge in [0.1, 0.15) is 5.82 Å². The number of likely N-dealkylation sites (N-methyl/N-ethyl adjacent to an activating group) is 1. The number of hydrogen-bond donors (Lipinski definition) is 1. The Labute approximate surface area is 84.7 Å². The summed E-state index contributed by atoms with van der Waals surface area (Å²) < 4.78 is 2.06. The molecule has 1 aliphatic rings. The maximum absolute atomic E-state index is 6.13. The summed E-state index contributed by atoms with van der Waals surface area (Å²) in [5.41, 5.74) is 6.13. The normalized spacial score (nSPS) is 29.4. The molecule has 2 heterocycles. The number of aryl methyl sites for hydroxylation is 1. The van der Waals surface area contributed by atoms with E-state index in [-0.39, 0.29) is 12.1 Å². The molecule has 0 aromatic carbocycles. The Balaban J connectivity index is 2.26. The number of piperidine rings is 1. The number of nitrogens with zero attached hydrogens (tertiary/aromatic N) is 3. The topological polar surface area (TPSA) is 47.1 Å². The minimum atomic E-state index is 0.217. The Morgan fingerprint density at radius 2 is 2.29 bits per heavy atom. The summed E-state index contributed by atoms with van der Waals surface area (Å²) in [7, 11) is 4.15. The van der Waals surface area contributed by atoms with Crippen LogP contribution in [0.4, 0.5) is 0 Å². The number of nitrogens with two attached hydrogens (primary N) is 1. The number of likely N-dealkylation sites (tertiary alicyclic amines) is 1. The van der Waals surface area contributed by atoms with E-state index < -0.39 is 0 Å².